The highest BCUT2D eigenvalue weighted by Crippen LogP contribution is 2.30. The lowest BCUT2D eigenvalue weighted by Crippen LogP contribution is -2.32. The van der Waals surface area contributed by atoms with Gasteiger partial charge in [0.25, 0.3) is 0 Å². The fourth-order valence-corrected chi connectivity index (χ4v) is 5.59. The Morgan fingerprint density at radius 3 is 2.30 bits per heavy atom. The molecule has 0 radical (unpaired) electrons. The molecule has 3 aromatic rings. The van der Waals surface area contributed by atoms with E-state index < -0.39 is 37.5 Å². The van der Waals surface area contributed by atoms with Gasteiger partial charge in [-0.1, -0.05) is 11.6 Å². The van der Waals surface area contributed by atoms with Crippen LogP contribution < -0.4 is 9.46 Å². The maximum absolute atomic E-state index is 13.9. The summed E-state index contributed by atoms with van der Waals surface area (Å²) in [5, 5.41) is -1.00. The predicted octanol–water partition coefficient (Wildman–Crippen LogP) is 3.57. The molecule has 0 amide bonds. The topological polar surface area (TPSA) is 103 Å². The molecule has 0 spiro atoms. The van der Waals surface area contributed by atoms with E-state index in [1.807, 2.05) is 0 Å². The van der Waals surface area contributed by atoms with Crippen molar-refractivity contribution in [2.75, 3.05) is 13.7 Å². The minimum Gasteiger partial charge on any atom is -0.494 e. The third-order valence-corrected chi connectivity index (χ3v) is 8.02. The van der Waals surface area contributed by atoms with Crippen molar-refractivity contribution in [3.05, 3.63) is 77.5 Å². The highest BCUT2D eigenvalue weighted by atomic mass is 35.5. The summed E-state index contributed by atoms with van der Waals surface area (Å²) < 4.78 is 77.6. The van der Waals surface area contributed by atoms with Gasteiger partial charge in [0.15, 0.2) is 21.4 Å². The smallest absolute Gasteiger partial charge is 0.240 e. The summed E-state index contributed by atoms with van der Waals surface area (Å²) in [4.78, 5) is -0.425. The third-order valence-electron chi connectivity index (χ3n) is 4.27. The lowest BCUT2D eigenvalue weighted by atomic mass is 10.3. The van der Waals surface area contributed by atoms with Crippen LogP contribution in [-0.2, 0) is 19.9 Å². The number of ether oxygens (including phenoxy) is 1. The molecule has 0 aliphatic carbocycles. The van der Waals surface area contributed by atoms with E-state index >= 15 is 0 Å². The van der Waals surface area contributed by atoms with E-state index in [4.69, 9.17) is 20.8 Å². The Bertz CT molecular complexity index is 1230. The Morgan fingerprint density at radius 2 is 1.73 bits per heavy atom. The number of sulfonamides is 1. The normalized spacial score (nSPS) is 13.2. The number of hydrogen-bond acceptors (Lipinski definition) is 6. The van der Waals surface area contributed by atoms with Crippen LogP contribution in [0.3, 0.4) is 0 Å². The number of halogens is 2. The van der Waals surface area contributed by atoms with E-state index in [1.165, 1.54) is 55.8 Å². The van der Waals surface area contributed by atoms with Crippen molar-refractivity contribution in [1.82, 2.24) is 4.72 Å². The van der Waals surface area contributed by atoms with Gasteiger partial charge in [0, 0.05) is 11.6 Å². The van der Waals surface area contributed by atoms with Gasteiger partial charge in [-0.05, 0) is 54.6 Å². The molecule has 160 valence electrons. The van der Waals surface area contributed by atoms with Crippen LogP contribution in [-0.4, -0.2) is 30.5 Å². The van der Waals surface area contributed by atoms with Crippen LogP contribution in [0.25, 0.3) is 0 Å². The van der Waals surface area contributed by atoms with Crippen LogP contribution >= 0.6 is 11.6 Å². The van der Waals surface area contributed by atoms with Crippen LogP contribution in [0.5, 0.6) is 5.75 Å². The van der Waals surface area contributed by atoms with Crippen LogP contribution in [0, 0.1) is 5.82 Å². The van der Waals surface area contributed by atoms with Gasteiger partial charge >= 0.3 is 0 Å². The molecular formula is C19H17ClFNO6S2. The molecule has 0 saturated heterocycles. The monoisotopic (exact) mass is 473 g/mol. The first kappa shape index (κ1) is 22.3. The Balaban J connectivity index is 1.91. The molecule has 0 fully saturated rings. The summed E-state index contributed by atoms with van der Waals surface area (Å²) in [6.45, 7) is -0.533. The van der Waals surface area contributed by atoms with Gasteiger partial charge in [-0.25, -0.2) is 25.9 Å². The highest BCUT2D eigenvalue weighted by Gasteiger charge is 2.33. The number of rotatable bonds is 8. The number of nitrogens with one attached hydrogen (secondary N) is 1. The first-order chi connectivity index (χ1) is 14.1. The van der Waals surface area contributed by atoms with Crippen molar-refractivity contribution < 1.29 is 30.4 Å². The summed E-state index contributed by atoms with van der Waals surface area (Å²) in [5.41, 5.74) is 0. The quantitative estimate of drug-likeness (QED) is 0.536. The standard InChI is InChI=1S/C19H17ClFNO6S2/c1-27-17-9-8-15(11-16(17)21)30(25,26)22-12-19(18-3-2-10-28-18)29(23,24)14-6-4-13(20)5-7-14/h2-11,19,22H,12H2,1H3/t19-/m1/s1. The van der Waals surface area contributed by atoms with Gasteiger partial charge in [0.2, 0.25) is 10.0 Å². The molecule has 0 aliphatic rings. The Kier molecular flexibility index (Phi) is 6.51. The van der Waals surface area contributed by atoms with Crippen molar-refractivity contribution in [3.8, 4) is 5.75 Å². The second-order valence-corrected chi connectivity index (χ2v) is 10.5. The molecule has 1 aromatic heterocycles. The van der Waals surface area contributed by atoms with E-state index in [1.54, 1.807) is 0 Å². The first-order valence-electron chi connectivity index (χ1n) is 8.51. The average molecular weight is 474 g/mol. The van der Waals surface area contributed by atoms with E-state index in [9.17, 15) is 21.2 Å². The summed E-state index contributed by atoms with van der Waals surface area (Å²) >= 11 is 5.82. The molecule has 1 heterocycles. The highest BCUT2D eigenvalue weighted by molar-refractivity contribution is 7.92. The second-order valence-electron chi connectivity index (χ2n) is 6.15. The van der Waals surface area contributed by atoms with E-state index in [2.05, 4.69) is 4.72 Å². The average Bonchev–Trinajstić information content (AvgIpc) is 3.22. The maximum Gasteiger partial charge on any atom is 0.240 e. The van der Waals surface area contributed by atoms with Gasteiger partial charge in [-0.3, -0.25) is 0 Å². The molecule has 1 atom stereocenters. The molecule has 3 rings (SSSR count). The lowest BCUT2D eigenvalue weighted by Gasteiger charge is -2.17. The zero-order chi connectivity index (χ0) is 21.9. The zero-order valence-corrected chi connectivity index (χ0v) is 18.0. The lowest BCUT2D eigenvalue weighted by molar-refractivity contribution is 0.385. The number of methoxy groups -OCH3 is 1. The van der Waals surface area contributed by atoms with E-state index in [0.717, 1.165) is 12.1 Å². The molecular weight excluding hydrogens is 457 g/mol. The molecule has 0 saturated carbocycles. The number of sulfone groups is 1. The van der Waals surface area contributed by atoms with Gasteiger partial charge in [-0.15, -0.1) is 0 Å². The fourth-order valence-electron chi connectivity index (χ4n) is 2.71. The Labute approximate surface area is 178 Å². The van der Waals surface area contributed by atoms with E-state index in [-0.39, 0.29) is 21.3 Å². The molecule has 2 aromatic carbocycles. The van der Waals surface area contributed by atoms with Crippen molar-refractivity contribution in [3.63, 3.8) is 0 Å². The van der Waals surface area contributed by atoms with Crippen molar-refractivity contribution in [2.45, 2.75) is 15.0 Å². The summed E-state index contributed by atoms with van der Waals surface area (Å²) in [6, 6.07) is 11.5. The largest absolute Gasteiger partial charge is 0.494 e. The second kappa shape index (κ2) is 8.76. The van der Waals surface area contributed by atoms with Crippen LogP contribution in [0.2, 0.25) is 5.02 Å². The summed E-state index contributed by atoms with van der Waals surface area (Å²) in [5.74, 6) is -0.932. The number of hydrogen-bond donors (Lipinski definition) is 1. The summed E-state index contributed by atoms with van der Waals surface area (Å²) in [7, 11) is -7.00. The molecule has 1 N–H and O–H groups in total. The molecule has 0 unspecified atom stereocenters. The minimum atomic E-state index is -4.22. The fraction of sp³-hybridized carbons (Fsp3) is 0.158. The zero-order valence-electron chi connectivity index (χ0n) is 15.6. The number of furan rings is 1. The molecule has 11 heteroatoms. The number of benzene rings is 2. The minimum absolute atomic E-state index is 0.0496. The SMILES string of the molecule is COc1ccc(S(=O)(=O)NC[C@H](c2ccco2)S(=O)(=O)c2ccc(Cl)cc2)cc1F. The molecule has 7 nitrogen and oxygen atoms in total. The third kappa shape index (κ3) is 4.67. The molecule has 0 bridgehead atoms. The van der Waals surface area contributed by atoms with Gasteiger partial charge in [0.05, 0.1) is 23.2 Å². The van der Waals surface area contributed by atoms with Crippen LogP contribution in [0.15, 0.2) is 75.1 Å². The van der Waals surface area contributed by atoms with Crippen molar-refractivity contribution >= 4 is 31.5 Å². The van der Waals surface area contributed by atoms with Crippen LogP contribution in [0.1, 0.15) is 11.0 Å². The predicted molar refractivity (Wildman–Crippen MR) is 108 cm³/mol. The van der Waals surface area contributed by atoms with Crippen molar-refractivity contribution in [2.24, 2.45) is 0 Å². The van der Waals surface area contributed by atoms with Crippen LogP contribution in [0.4, 0.5) is 4.39 Å². The maximum atomic E-state index is 13.9. The first-order valence-corrected chi connectivity index (χ1v) is 11.9. The summed E-state index contributed by atoms with van der Waals surface area (Å²) in [6.07, 6.45) is 1.28. The Morgan fingerprint density at radius 1 is 1.07 bits per heavy atom. The van der Waals surface area contributed by atoms with Crippen molar-refractivity contribution in [1.29, 1.82) is 0 Å². The molecule has 0 aliphatic heterocycles. The van der Waals surface area contributed by atoms with Gasteiger partial charge < -0.3 is 9.15 Å². The van der Waals surface area contributed by atoms with E-state index in [0.29, 0.717) is 5.02 Å². The molecule has 30 heavy (non-hydrogen) atoms. The Hall–Kier alpha value is -2.40. The van der Waals surface area contributed by atoms with Gasteiger partial charge in [-0.2, -0.15) is 0 Å². The van der Waals surface area contributed by atoms with Gasteiger partial charge in [0.1, 0.15) is 11.0 Å².